The molecule has 3 fully saturated rings. The van der Waals surface area contributed by atoms with Crippen molar-refractivity contribution in [1.29, 1.82) is 0 Å². The highest BCUT2D eigenvalue weighted by atomic mass is 32.2. The molecular formula is C29H41N7O2S2. The molecule has 40 heavy (non-hydrogen) atoms. The van der Waals surface area contributed by atoms with Crippen LogP contribution in [0.1, 0.15) is 43.0 Å². The highest BCUT2D eigenvalue weighted by Crippen LogP contribution is 2.40. The number of hydrogen-bond acceptors (Lipinski definition) is 11. The maximum Gasteiger partial charge on any atom is 0.237 e. The number of hydrogen-bond donors (Lipinski definition) is 1. The molecule has 3 aliphatic heterocycles. The van der Waals surface area contributed by atoms with Crippen LogP contribution in [0.5, 0.6) is 5.88 Å². The summed E-state index contributed by atoms with van der Waals surface area (Å²) in [5.41, 5.74) is 5.17. The molecule has 0 spiro atoms. The van der Waals surface area contributed by atoms with Crippen LogP contribution in [0.15, 0.2) is 12.3 Å². The molecule has 6 heterocycles. The van der Waals surface area contributed by atoms with Gasteiger partial charge in [0.05, 0.1) is 36.2 Å². The fraction of sp³-hybridized carbons (Fsp3) is 0.621. The van der Waals surface area contributed by atoms with E-state index in [2.05, 4.69) is 44.3 Å². The number of nitrogens with one attached hydrogen (secondary N) is 1. The smallest absolute Gasteiger partial charge is 0.237 e. The van der Waals surface area contributed by atoms with Gasteiger partial charge in [0.25, 0.3) is 0 Å². The number of ether oxygens (including phenoxy) is 2. The zero-order valence-corrected chi connectivity index (χ0v) is 25.7. The number of anilines is 2. The standard InChI is InChI=1S/C29H41N7O2S2/c1-19-6-5-9-36(19)22-7-10-34(11-8-22)18-23-20(2)40-27-25(21-16-24(33-39-4)28(37-3)30-17-21)31-29(32-26(23)27)35-12-14-38-15-13-35/h16-17,19,22,33H,5-15,18H2,1-4H3. The minimum absolute atomic E-state index is 0.576. The molecule has 9 nitrogen and oxygen atoms in total. The number of likely N-dealkylation sites (tertiary alicyclic amines) is 2. The number of morpholine rings is 1. The molecule has 0 aliphatic carbocycles. The van der Waals surface area contributed by atoms with Gasteiger partial charge >= 0.3 is 0 Å². The topological polar surface area (TPSA) is 78.9 Å². The van der Waals surface area contributed by atoms with Gasteiger partial charge in [-0.3, -0.25) is 9.80 Å². The molecule has 3 saturated heterocycles. The molecule has 11 heteroatoms. The molecule has 0 bridgehead atoms. The van der Waals surface area contributed by atoms with Crippen molar-refractivity contribution in [2.75, 3.05) is 68.9 Å². The van der Waals surface area contributed by atoms with E-state index < -0.39 is 0 Å². The number of aromatic nitrogens is 3. The van der Waals surface area contributed by atoms with Gasteiger partial charge in [0, 0.05) is 60.2 Å². The normalized spacial score (nSPS) is 21.4. The number of aryl methyl sites for hydroxylation is 1. The molecule has 3 aromatic rings. The largest absolute Gasteiger partial charge is 0.480 e. The lowest BCUT2D eigenvalue weighted by atomic mass is 10.0. The predicted octanol–water partition coefficient (Wildman–Crippen LogP) is 5.05. The Bertz CT molecular complexity index is 1320. The Labute approximate surface area is 245 Å². The highest BCUT2D eigenvalue weighted by Gasteiger charge is 2.31. The highest BCUT2D eigenvalue weighted by molar-refractivity contribution is 7.99. The molecular weight excluding hydrogens is 543 g/mol. The third kappa shape index (κ3) is 5.63. The number of rotatable bonds is 8. The maximum absolute atomic E-state index is 5.63. The van der Waals surface area contributed by atoms with Gasteiger partial charge in [0.2, 0.25) is 11.8 Å². The van der Waals surface area contributed by atoms with Crippen LogP contribution in [0.25, 0.3) is 21.5 Å². The van der Waals surface area contributed by atoms with Gasteiger partial charge in [-0.25, -0.2) is 15.0 Å². The van der Waals surface area contributed by atoms with E-state index >= 15 is 0 Å². The minimum Gasteiger partial charge on any atom is -0.480 e. The molecule has 0 aromatic carbocycles. The first-order chi connectivity index (χ1) is 19.6. The van der Waals surface area contributed by atoms with E-state index in [0.717, 1.165) is 77.9 Å². The summed E-state index contributed by atoms with van der Waals surface area (Å²) in [4.78, 5) is 24.0. The molecule has 0 saturated carbocycles. The molecule has 1 unspecified atom stereocenters. The summed E-state index contributed by atoms with van der Waals surface area (Å²) < 4.78 is 15.6. The van der Waals surface area contributed by atoms with Crippen LogP contribution >= 0.6 is 23.3 Å². The van der Waals surface area contributed by atoms with Gasteiger partial charge in [-0.15, -0.1) is 11.3 Å². The lowest BCUT2D eigenvalue weighted by molar-refractivity contribution is 0.100. The van der Waals surface area contributed by atoms with Crippen LogP contribution in [0.2, 0.25) is 0 Å². The van der Waals surface area contributed by atoms with Crippen molar-refractivity contribution in [3.8, 4) is 17.1 Å². The SMILES string of the molecule is COc1ncc(-c2nc(N3CCOCC3)nc3c(CN4CCC(N5CCCC5C)CC4)c(C)sc23)cc1NSC. The zero-order valence-electron chi connectivity index (χ0n) is 24.1. The van der Waals surface area contributed by atoms with Gasteiger partial charge in [0.1, 0.15) is 5.69 Å². The average Bonchev–Trinajstić information content (AvgIpc) is 3.55. The Kier molecular flexibility index (Phi) is 8.64. The first-order valence-corrected chi connectivity index (χ1v) is 16.5. The van der Waals surface area contributed by atoms with E-state index in [0.29, 0.717) is 19.1 Å². The van der Waals surface area contributed by atoms with Crippen molar-refractivity contribution in [2.24, 2.45) is 0 Å². The van der Waals surface area contributed by atoms with Crippen molar-refractivity contribution >= 4 is 45.1 Å². The van der Waals surface area contributed by atoms with Gasteiger partial charge in [-0.2, -0.15) is 0 Å². The number of methoxy groups -OCH3 is 1. The van der Waals surface area contributed by atoms with E-state index in [1.54, 1.807) is 18.4 Å². The summed E-state index contributed by atoms with van der Waals surface area (Å²) in [7, 11) is 1.65. The van der Waals surface area contributed by atoms with Crippen LogP contribution in [0.4, 0.5) is 11.6 Å². The van der Waals surface area contributed by atoms with Gasteiger partial charge < -0.3 is 19.1 Å². The summed E-state index contributed by atoms with van der Waals surface area (Å²) in [6.45, 7) is 12.1. The van der Waals surface area contributed by atoms with E-state index in [4.69, 9.17) is 19.4 Å². The zero-order chi connectivity index (χ0) is 27.6. The monoisotopic (exact) mass is 583 g/mol. The quantitative estimate of drug-likeness (QED) is 0.364. The van der Waals surface area contributed by atoms with E-state index in [1.165, 1.54) is 54.6 Å². The molecule has 0 radical (unpaired) electrons. The van der Waals surface area contributed by atoms with Crippen molar-refractivity contribution < 1.29 is 9.47 Å². The van der Waals surface area contributed by atoms with Crippen LogP contribution < -0.4 is 14.4 Å². The minimum atomic E-state index is 0.576. The van der Waals surface area contributed by atoms with Gasteiger partial charge in [0.15, 0.2) is 0 Å². The number of nitrogens with zero attached hydrogens (tertiary/aromatic N) is 6. The number of pyridine rings is 1. The Morgan fingerprint density at radius 2 is 1.93 bits per heavy atom. The van der Waals surface area contributed by atoms with Crippen LogP contribution in [-0.2, 0) is 11.3 Å². The van der Waals surface area contributed by atoms with Crippen molar-refractivity contribution in [1.82, 2.24) is 24.8 Å². The fourth-order valence-electron chi connectivity index (χ4n) is 6.47. The third-order valence-corrected chi connectivity index (χ3v) is 10.2. The van der Waals surface area contributed by atoms with Crippen molar-refractivity contribution in [2.45, 2.75) is 58.2 Å². The van der Waals surface area contributed by atoms with Crippen LogP contribution in [0, 0.1) is 6.92 Å². The first-order valence-electron chi connectivity index (χ1n) is 14.5. The molecule has 1 atom stereocenters. The van der Waals surface area contributed by atoms with Crippen LogP contribution in [0.3, 0.4) is 0 Å². The molecule has 6 rings (SSSR count). The second-order valence-corrected chi connectivity index (χ2v) is 12.9. The van der Waals surface area contributed by atoms with E-state index in [9.17, 15) is 0 Å². The Morgan fingerprint density at radius 1 is 1.12 bits per heavy atom. The van der Waals surface area contributed by atoms with E-state index in [-0.39, 0.29) is 0 Å². The first kappa shape index (κ1) is 28.0. The summed E-state index contributed by atoms with van der Waals surface area (Å²) >= 11 is 3.33. The summed E-state index contributed by atoms with van der Waals surface area (Å²) in [5.74, 6) is 1.35. The number of thiophene rings is 1. The molecule has 0 amide bonds. The van der Waals surface area contributed by atoms with Gasteiger partial charge in [-0.1, -0.05) is 11.9 Å². The van der Waals surface area contributed by atoms with Crippen LogP contribution in [-0.4, -0.2) is 96.1 Å². The summed E-state index contributed by atoms with van der Waals surface area (Å²) in [6, 6.07) is 3.57. The Morgan fingerprint density at radius 3 is 2.62 bits per heavy atom. The molecule has 216 valence electrons. The lowest BCUT2D eigenvalue weighted by Crippen LogP contribution is -2.45. The van der Waals surface area contributed by atoms with Gasteiger partial charge in [-0.05, 0) is 65.2 Å². The van der Waals surface area contributed by atoms with Crippen molar-refractivity contribution in [3.63, 3.8) is 0 Å². The summed E-state index contributed by atoms with van der Waals surface area (Å²) in [6.07, 6.45) is 9.09. The molecule has 3 aromatic heterocycles. The number of piperidine rings is 1. The Hall–Kier alpha value is -2.18. The maximum atomic E-state index is 5.63. The Balaban J connectivity index is 1.34. The third-order valence-electron chi connectivity index (χ3n) is 8.66. The summed E-state index contributed by atoms with van der Waals surface area (Å²) in [5, 5.41) is 0. The molecule has 3 aliphatic rings. The number of fused-ring (bicyclic) bond motifs is 1. The van der Waals surface area contributed by atoms with E-state index in [1.807, 2.05) is 12.5 Å². The van der Waals surface area contributed by atoms with Crippen molar-refractivity contribution in [3.05, 3.63) is 22.7 Å². The predicted molar refractivity (Wildman–Crippen MR) is 166 cm³/mol. The fourth-order valence-corrected chi connectivity index (χ4v) is 7.95. The lowest BCUT2D eigenvalue weighted by Gasteiger charge is -2.38. The second kappa shape index (κ2) is 12.4. The molecule has 1 N–H and O–H groups in total. The average molecular weight is 584 g/mol. The second-order valence-electron chi connectivity index (χ2n) is 11.1.